The van der Waals surface area contributed by atoms with Crippen molar-refractivity contribution in [3.05, 3.63) is 75.3 Å². The molecule has 152 valence electrons. The standard InChI is InChI=1S/C22H20N4O3S/c1-3-14(2)25-13-16(18-6-4-5-7-19(18)25)12-23-24-22(27)21-11-15-10-17(26(28)29)8-9-20(15)30-21/h4-14H,3H2,1-2H3,(H,24,27). The first-order valence-electron chi connectivity index (χ1n) is 9.59. The number of nitrogens with one attached hydrogen (secondary N) is 1. The van der Waals surface area contributed by atoms with Gasteiger partial charge in [0, 0.05) is 50.9 Å². The van der Waals surface area contributed by atoms with Crippen molar-refractivity contribution in [1.29, 1.82) is 0 Å². The van der Waals surface area contributed by atoms with Crippen LogP contribution in [0.5, 0.6) is 0 Å². The van der Waals surface area contributed by atoms with Crippen LogP contribution in [-0.4, -0.2) is 21.6 Å². The Kier molecular flexibility index (Phi) is 5.33. The molecule has 0 spiro atoms. The molecule has 7 nitrogen and oxygen atoms in total. The number of aromatic nitrogens is 1. The maximum absolute atomic E-state index is 12.5. The van der Waals surface area contributed by atoms with Crippen LogP contribution in [-0.2, 0) is 0 Å². The summed E-state index contributed by atoms with van der Waals surface area (Å²) in [5, 5.41) is 16.8. The topological polar surface area (TPSA) is 89.5 Å². The third-order valence-electron chi connectivity index (χ3n) is 5.14. The van der Waals surface area contributed by atoms with Crippen molar-refractivity contribution in [2.75, 3.05) is 0 Å². The lowest BCUT2D eigenvalue weighted by atomic mass is 10.2. The number of para-hydroxylation sites is 1. The summed E-state index contributed by atoms with van der Waals surface area (Å²) in [6, 6.07) is 14.7. The number of thiophene rings is 1. The lowest BCUT2D eigenvalue weighted by Crippen LogP contribution is -2.16. The van der Waals surface area contributed by atoms with Gasteiger partial charge in [0.1, 0.15) is 0 Å². The zero-order valence-corrected chi connectivity index (χ0v) is 17.3. The average molecular weight is 420 g/mol. The second kappa shape index (κ2) is 8.08. The number of carbonyl (C=O) groups excluding carboxylic acids is 1. The molecule has 1 unspecified atom stereocenters. The molecule has 0 saturated heterocycles. The number of nitro groups is 1. The van der Waals surface area contributed by atoms with E-state index in [-0.39, 0.29) is 11.6 Å². The van der Waals surface area contributed by atoms with Gasteiger partial charge in [-0.2, -0.15) is 5.10 Å². The summed E-state index contributed by atoms with van der Waals surface area (Å²) in [4.78, 5) is 23.4. The number of nitrogens with zero attached hydrogens (tertiary/aromatic N) is 3. The Bertz CT molecular complexity index is 1290. The van der Waals surface area contributed by atoms with Gasteiger partial charge in [0.25, 0.3) is 11.6 Å². The number of benzene rings is 2. The van der Waals surface area contributed by atoms with Gasteiger partial charge in [-0.05, 0) is 31.5 Å². The molecule has 0 aliphatic carbocycles. The number of non-ortho nitro benzene ring substituents is 1. The minimum atomic E-state index is -0.447. The van der Waals surface area contributed by atoms with Gasteiger partial charge in [0.2, 0.25) is 0 Å². The number of hydrazone groups is 1. The van der Waals surface area contributed by atoms with Gasteiger partial charge in [-0.1, -0.05) is 25.1 Å². The Hall–Kier alpha value is -3.52. The maximum atomic E-state index is 12.5. The quantitative estimate of drug-likeness (QED) is 0.254. The Morgan fingerprint density at radius 2 is 2.10 bits per heavy atom. The van der Waals surface area contributed by atoms with Gasteiger partial charge in [-0.25, -0.2) is 5.43 Å². The summed E-state index contributed by atoms with van der Waals surface area (Å²) in [6.07, 6.45) is 4.71. The van der Waals surface area contributed by atoms with Crippen molar-refractivity contribution in [3.8, 4) is 0 Å². The molecular weight excluding hydrogens is 400 g/mol. The first kappa shape index (κ1) is 19.8. The van der Waals surface area contributed by atoms with Crippen molar-refractivity contribution in [1.82, 2.24) is 9.99 Å². The smallest absolute Gasteiger partial charge is 0.281 e. The second-order valence-electron chi connectivity index (χ2n) is 7.06. The fourth-order valence-corrected chi connectivity index (χ4v) is 4.30. The lowest BCUT2D eigenvalue weighted by molar-refractivity contribution is -0.384. The number of hydrogen-bond acceptors (Lipinski definition) is 5. The molecular formula is C22H20N4O3S. The normalized spacial score (nSPS) is 12.6. The van der Waals surface area contributed by atoms with Crippen LogP contribution in [0.15, 0.2) is 59.8 Å². The molecule has 1 atom stereocenters. The van der Waals surface area contributed by atoms with Crippen molar-refractivity contribution in [3.63, 3.8) is 0 Å². The number of fused-ring (bicyclic) bond motifs is 2. The summed E-state index contributed by atoms with van der Waals surface area (Å²) >= 11 is 1.27. The van der Waals surface area contributed by atoms with E-state index in [4.69, 9.17) is 0 Å². The van der Waals surface area contributed by atoms with E-state index < -0.39 is 4.92 Å². The van der Waals surface area contributed by atoms with E-state index in [0.29, 0.717) is 16.3 Å². The SMILES string of the molecule is CCC(C)n1cc(C=NNC(=O)c2cc3cc([N+](=O)[O-])ccc3s2)c2ccccc21. The minimum absolute atomic E-state index is 0.00276. The van der Waals surface area contributed by atoms with Gasteiger partial charge >= 0.3 is 0 Å². The third kappa shape index (κ3) is 3.69. The Morgan fingerprint density at radius 3 is 2.87 bits per heavy atom. The molecule has 4 aromatic rings. The van der Waals surface area contributed by atoms with Crippen LogP contribution in [0.25, 0.3) is 21.0 Å². The molecule has 0 saturated carbocycles. The molecule has 30 heavy (non-hydrogen) atoms. The maximum Gasteiger partial charge on any atom is 0.281 e. The summed E-state index contributed by atoms with van der Waals surface area (Å²) < 4.78 is 3.03. The number of amides is 1. The fraction of sp³-hybridized carbons (Fsp3) is 0.182. The molecule has 4 rings (SSSR count). The zero-order chi connectivity index (χ0) is 21.3. The Balaban J connectivity index is 1.55. The fourth-order valence-electron chi connectivity index (χ4n) is 3.37. The van der Waals surface area contributed by atoms with Crippen molar-refractivity contribution in [2.24, 2.45) is 5.10 Å². The van der Waals surface area contributed by atoms with E-state index in [1.54, 1.807) is 18.3 Å². The summed E-state index contributed by atoms with van der Waals surface area (Å²) in [5.74, 6) is -0.347. The first-order chi connectivity index (χ1) is 14.5. The van der Waals surface area contributed by atoms with Crippen molar-refractivity contribution < 1.29 is 9.72 Å². The molecule has 0 fully saturated rings. The van der Waals surface area contributed by atoms with Gasteiger partial charge in [-0.15, -0.1) is 11.3 Å². The van der Waals surface area contributed by atoms with Gasteiger partial charge < -0.3 is 4.57 Å². The summed E-state index contributed by atoms with van der Waals surface area (Å²) in [6.45, 7) is 4.31. The van der Waals surface area contributed by atoms with E-state index in [1.165, 1.54) is 23.5 Å². The highest BCUT2D eigenvalue weighted by atomic mass is 32.1. The molecule has 1 N–H and O–H groups in total. The van der Waals surface area contributed by atoms with E-state index in [2.05, 4.69) is 35.0 Å². The van der Waals surface area contributed by atoms with Crippen LogP contribution in [0.2, 0.25) is 0 Å². The van der Waals surface area contributed by atoms with Crippen LogP contribution in [0.4, 0.5) is 5.69 Å². The molecule has 0 bridgehead atoms. The third-order valence-corrected chi connectivity index (χ3v) is 6.26. The predicted octanol–water partition coefficient (Wildman–Crippen LogP) is 5.50. The van der Waals surface area contributed by atoms with Crippen LogP contribution in [0.1, 0.15) is 41.5 Å². The van der Waals surface area contributed by atoms with Crippen molar-refractivity contribution >= 4 is 50.1 Å². The molecule has 0 aliphatic heterocycles. The number of hydrogen-bond donors (Lipinski definition) is 1. The molecule has 8 heteroatoms. The highest BCUT2D eigenvalue weighted by Gasteiger charge is 2.14. The Morgan fingerprint density at radius 1 is 1.30 bits per heavy atom. The molecule has 2 aromatic heterocycles. The number of rotatable bonds is 6. The monoisotopic (exact) mass is 420 g/mol. The molecule has 0 aliphatic rings. The largest absolute Gasteiger partial charge is 0.344 e. The average Bonchev–Trinajstić information content (AvgIpc) is 3.34. The van der Waals surface area contributed by atoms with Gasteiger partial charge in [0.15, 0.2) is 0 Å². The van der Waals surface area contributed by atoms with Gasteiger partial charge in [-0.3, -0.25) is 14.9 Å². The second-order valence-corrected chi connectivity index (χ2v) is 8.14. The van der Waals surface area contributed by atoms with E-state index in [9.17, 15) is 14.9 Å². The molecule has 0 radical (unpaired) electrons. The molecule has 2 heterocycles. The highest BCUT2D eigenvalue weighted by Crippen LogP contribution is 2.29. The lowest BCUT2D eigenvalue weighted by Gasteiger charge is -2.12. The van der Waals surface area contributed by atoms with E-state index in [0.717, 1.165) is 27.6 Å². The summed E-state index contributed by atoms with van der Waals surface area (Å²) in [7, 11) is 0. The molecule has 2 aromatic carbocycles. The van der Waals surface area contributed by atoms with Gasteiger partial charge in [0.05, 0.1) is 16.0 Å². The first-order valence-corrected chi connectivity index (χ1v) is 10.4. The highest BCUT2D eigenvalue weighted by molar-refractivity contribution is 7.20. The van der Waals surface area contributed by atoms with Crippen LogP contribution < -0.4 is 5.43 Å². The predicted molar refractivity (Wildman–Crippen MR) is 120 cm³/mol. The van der Waals surface area contributed by atoms with Crippen LogP contribution >= 0.6 is 11.3 Å². The Labute approximate surface area is 176 Å². The minimum Gasteiger partial charge on any atom is -0.344 e. The summed E-state index contributed by atoms with van der Waals surface area (Å²) in [5.41, 5.74) is 4.62. The van der Waals surface area contributed by atoms with E-state index in [1.807, 2.05) is 24.4 Å². The van der Waals surface area contributed by atoms with Crippen molar-refractivity contribution in [2.45, 2.75) is 26.3 Å². The van der Waals surface area contributed by atoms with E-state index >= 15 is 0 Å². The zero-order valence-electron chi connectivity index (χ0n) is 16.5. The molecule has 1 amide bonds. The van der Waals surface area contributed by atoms with Crippen LogP contribution in [0.3, 0.4) is 0 Å². The number of nitro benzene ring substituents is 1. The number of carbonyl (C=O) groups is 1. The van der Waals surface area contributed by atoms with Crippen LogP contribution in [0, 0.1) is 10.1 Å².